The number of hydrogen-bond acceptors (Lipinski definition) is 5. The summed E-state index contributed by atoms with van der Waals surface area (Å²) >= 11 is 0. The maximum Gasteiger partial charge on any atom is 0.325 e. The van der Waals surface area contributed by atoms with E-state index >= 15 is 0 Å². The van der Waals surface area contributed by atoms with Crippen LogP contribution in [0.5, 0.6) is 0 Å². The molecular formula is C9H9N3O6. The van der Waals surface area contributed by atoms with Gasteiger partial charge in [-0.25, -0.2) is 0 Å². The molecule has 1 aromatic rings. The lowest BCUT2D eigenvalue weighted by molar-refractivity contribution is -0.385. The predicted octanol–water partition coefficient (Wildman–Crippen LogP) is -0.514. The van der Waals surface area contributed by atoms with Gasteiger partial charge in [-0.1, -0.05) is 0 Å². The van der Waals surface area contributed by atoms with Crippen LogP contribution in [-0.4, -0.2) is 32.9 Å². The minimum atomic E-state index is -1.29. The van der Waals surface area contributed by atoms with Crippen LogP contribution < -0.4 is 10.9 Å². The maximum atomic E-state index is 11.5. The van der Waals surface area contributed by atoms with E-state index in [4.69, 9.17) is 5.11 Å². The summed E-state index contributed by atoms with van der Waals surface area (Å²) < 4.78 is 0. The van der Waals surface area contributed by atoms with Crippen LogP contribution in [0.2, 0.25) is 0 Å². The largest absolute Gasteiger partial charge is 0.480 e. The zero-order valence-electron chi connectivity index (χ0n) is 9.17. The van der Waals surface area contributed by atoms with Gasteiger partial charge in [0.05, 0.1) is 11.1 Å². The minimum absolute atomic E-state index is 0.470. The van der Waals surface area contributed by atoms with Gasteiger partial charge in [-0.3, -0.25) is 24.5 Å². The van der Waals surface area contributed by atoms with Crippen molar-refractivity contribution in [3.8, 4) is 0 Å². The summed E-state index contributed by atoms with van der Waals surface area (Å²) in [6.07, 6.45) is 0.847. The van der Waals surface area contributed by atoms with Gasteiger partial charge in [0.25, 0.3) is 17.2 Å². The summed E-state index contributed by atoms with van der Waals surface area (Å²) in [5.74, 6) is -2.28. The number of aromatic amines is 1. The highest BCUT2D eigenvalue weighted by Crippen LogP contribution is 2.08. The molecule has 0 spiro atoms. The lowest BCUT2D eigenvalue weighted by Crippen LogP contribution is -2.40. The monoisotopic (exact) mass is 255 g/mol. The summed E-state index contributed by atoms with van der Waals surface area (Å²) in [4.78, 5) is 45.1. The smallest absolute Gasteiger partial charge is 0.325 e. The Morgan fingerprint density at radius 1 is 1.56 bits per heavy atom. The van der Waals surface area contributed by atoms with Gasteiger partial charge in [-0.15, -0.1) is 0 Å². The van der Waals surface area contributed by atoms with E-state index < -0.39 is 39.7 Å². The van der Waals surface area contributed by atoms with Crippen LogP contribution in [0.4, 0.5) is 5.69 Å². The third-order valence-electron chi connectivity index (χ3n) is 2.06. The number of aliphatic carboxylic acids is 1. The van der Waals surface area contributed by atoms with E-state index in [0.717, 1.165) is 12.3 Å². The van der Waals surface area contributed by atoms with Gasteiger partial charge in [-0.2, -0.15) is 0 Å². The third-order valence-corrected chi connectivity index (χ3v) is 2.06. The lowest BCUT2D eigenvalue weighted by Gasteiger charge is -2.08. The van der Waals surface area contributed by atoms with Crippen molar-refractivity contribution in [2.45, 2.75) is 13.0 Å². The quantitative estimate of drug-likeness (QED) is 0.488. The first-order valence-corrected chi connectivity index (χ1v) is 4.73. The molecule has 1 atom stereocenters. The number of nitrogens with one attached hydrogen (secondary N) is 2. The highest BCUT2D eigenvalue weighted by molar-refractivity contribution is 5.96. The number of hydrogen-bond donors (Lipinski definition) is 3. The highest BCUT2D eigenvalue weighted by atomic mass is 16.6. The Kier molecular flexibility index (Phi) is 3.77. The number of carboxylic acid groups (broad SMARTS) is 1. The molecule has 0 radical (unpaired) electrons. The maximum absolute atomic E-state index is 11.5. The summed E-state index contributed by atoms with van der Waals surface area (Å²) in [7, 11) is 0. The second kappa shape index (κ2) is 5.08. The SMILES string of the molecule is C[C@@H](NC(=O)c1cc([N+](=O)[O-])c[nH]c1=O)C(=O)O. The fraction of sp³-hybridized carbons (Fsp3) is 0.222. The summed E-state index contributed by atoms with van der Waals surface area (Å²) in [5, 5.41) is 21.1. The Morgan fingerprint density at radius 2 is 2.17 bits per heavy atom. The van der Waals surface area contributed by atoms with Crippen molar-refractivity contribution in [3.05, 3.63) is 38.3 Å². The molecule has 96 valence electrons. The zero-order chi connectivity index (χ0) is 13.9. The van der Waals surface area contributed by atoms with E-state index in [9.17, 15) is 24.5 Å². The molecule has 0 saturated heterocycles. The van der Waals surface area contributed by atoms with Crippen molar-refractivity contribution < 1.29 is 19.6 Å². The van der Waals surface area contributed by atoms with E-state index in [1.54, 1.807) is 0 Å². The predicted molar refractivity (Wildman–Crippen MR) is 58.3 cm³/mol. The number of carboxylic acids is 1. The Bertz CT molecular complexity index is 564. The average molecular weight is 255 g/mol. The van der Waals surface area contributed by atoms with E-state index in [2.05, 4.69) is 0 Å². The van der Waals surface area contributed by atoms with E-state index in [-0.39, 0.29) is 0 Å². The number of pyridine rings is 1. The van der Waals surface area contributed by atoms with Gasteiger partial charge in [-0.05, 0) is 6.92 Å². The molecule has 0 fully saturated rings. The fourth-order valence-corrected chi connectivity index (χ4v) is 1.08. The number of nitrogens with zero attached hydrogens (tertiary/aromatic N) is 1. The van der Waals surface area contributed by atoms with Crippen molar-refractivity contribution in [3.63, 3.8) is 0 Å². The van der Waals surface area contributed by atoms with Crippen LogP contribution in [0, 0.1) is 10.1 Å². The molecule has 3 N–H and O–H groups in total. The molecule has 0 saturated carbocycles. The molecule has 0 aromatic carbocycles. The van der Waals surface area contributed by atoms with Gasteiger partial charge >= 0.3 is 5.97 Å². The Morgan fingerprint density at radius 3 is 2.67 bits per heavy atom. The molecule has 0 aliphatic rings. The summed E-state index contributed by atoms with van der Waals surface area (Å²) in [6.45, 7) is 1.20. The normalized spacial score (nSPS) is 11.6. The molecule has 9 heteroatoms. The van der Waals surface area contributed by atoms with Crippen LogP contribution in [0.3, 0.4) is 0 Å². The molecule has 1 aromatic heterocycles. The molecule has 9 nitrogen and oxygen atoms in total. The van der Waals surface area contributed by atoms with Gasteiger partial charge < -0.3 is 15.4 Å². The van der Waals surface area contributed by atoms with Crippen LogP contribution in [-0.2, 0) is 4.79 Å². The minimum Gasteiger partial charge on any atom is -0.480 e. The number of amides is 1. The zero-order valence-corrected chi connectivity index (χ0v) is 9.17. The number of aromatic nitrogens is 1. The molecule has 1 amide bonds. The first-order valence-electron chi connectivity index (χ1n) is 4.73. The molecule has 1 rings (SSSR count). The Balaban J connectivity index is 3.05. The number of carbonyl (C=O) groups excluding carboxylic acids is 1. The number of carbonyl (C=O) groups is 2. The molecule has 0 aliphatic heterocycles. The van der Waals surface area contributed by atoms with Crippen molar-refractivity contribution in [1.82, 2.24) is 10.3 Å². The second-order valence-corrected chi connectivity index (χ2v) is 3.39. The molecule has 0 aliphatic carbocycles. The van der Waals surface area contributed by atoms with Gasteiger partial charge in [0, 0.05) is 6.07 Å². The van der Waals surface area contributed by atoms with Crippen molar-refractivity contribution >= 4 is 17.6 Å². The standard InChI is InChI=1S/C9H9N3O6/c1-4(9(15)16)11-8(14)6-2-5(12(17)18)3-10-7(6)13/h2-4H,1H3,(H,10,13)(H,11,14)(H,15,16)/t4-/m1/s1. The fourth-order valence-electron chi connectivity index (χ4n) is 1.08. The first kappa shape index (κ1) is 13.4. The number of rotatable bonds is 4. The first-order chi connectivity index (χ1) is 8.32. The molecule has 0 bridgehead atoms. The highest BCUT2D eigenvalue weighted by Gasteiger charge is 2.20. The Hall–Kier alpha value is -2.71. The number of nitro groups is 1. The number of H-pyrrole nitrogens is 1. The van der Waals surface area contributed by atoms with Crippen molar-refractivity contribution in [2.24, 2.45) is 0 Å². The molecule has 1 heterocycles. The Labute approximate surface area is 99.6 Å². The topological polar surface area (TPSA) is 142 Å². The summed E-state index contributed by atoms with van der Waals surface area (Å²) in [5.41, 5.74) is -1.82. The third kappa shape index (κ3) is 2.90. The van der Waals surface area contributed by atoms with Crippen LogP contribution >= 0.6 is 0 Å². The van der Waals surface area contributed by atoms with Gasteiger partial charge in [0.15, 0.2) is 0 Å². The van der Waals surface area contributed by atoms with E-state index in [0.29, 0.717) is 0 Å². The van der Waals surface area contributed by atoms with Crippen LogP contribution in [0.1, 0.15) is 17.3 Å². The molecular weight excluding hydrogens is 246 g/mol. The lowest BCUT2D eigenvalue weighted by atomic mass is 10.2. The van der Waals surface area contributed by atoms with E-state index in [1.165, 1.54) is 6.92 Å². The van der Waals surface area contributed by atoms with E-state index in [1.807, 2.05) is 10.3 Å². The van der Waals surface area contributed by atoms with Crippen LogP contribution in [0.15, 0.2) is 17.1 Å². The molecule has 0 unspecified atom stereocenters. The van der Waals surface area contributed by atoms with Gasteiger partial charge in [0.2, 0.25) is 0 Å². The average Bonchev–Trinajstić information content (AvgIpc) is 2.28. The second-order valence-electron chi connectivity index (χ2n) is 3.39. The van der Waals surface area contributed by atoms with Crippen LogP contribution in [0.25, 0.3) is 0 Å². The van der Waals surface area contributed by atoms with Crippen molar-refractivity contribution in [2.75, 3.05) is 0 Å². The summed E-state index contributed by atoms with van der Waals surface area (Å²) in [6, 6.07) is -0.431. The van der Waals surface area contributed by atoms with Crippen molar-refractivity contribution in [1.29, 1.82) is 0 Å². The van der Waals surface area contributed by atoms with Gasteiger partial charge in [0.1, 0.15) is 11.6 Å². The molecule has 18 heavy (non-hydrogen) atoms.